The molecule has 0 heterocycles. The summed E-state index contributed by atoms with van der Waals surface area (Å²) in [6.07, 6.45) is 5.77. The van der Waals surface area contributed by atoms with Crippen molar-refractivity contribution in [1.82, 2.24) is 5.32 Å². The van der Waals surface area contributed by atoms with Crippen LogP contribution in [0.15, 0.2) is 18.2 Å². The Bertz CT molecular complexity index is 466. The van der Waals surface area contributed by atoms with E-state index < -0.39 is 0 Å². The Morgan fingerprint density at radius 3 is 2.65 bits per heavy atom. The lowest BCUT2D eigenvalue weighted by atomic mass is 9.84. The summed E-state index contributed by atoms with van der Waals surface area (Å²) in [6.45, 7) is 2.24. The van der Waals surface area contributed by atoms with Gasteiger partial charge in [-0.25, -0.2) is 0 Å². The first-order chi connectivity index (χ1) is 9.63. The third kappa shape index (κ3) is 3.44. The van der Waals surface area contributed by atoms with E-state index in [0.717, 1.165) is 18.8 Å². The van der Waals surface area contributed by atoms with Gasteiger partial charge < -0.3 is 15.8 Å². The molecule has 110 valence electrons. The molecule has 20 heavy (non-hydrogen) atoms. The van der Waals surface area contributed by atoms with Crippen molar-refractivity contribution in [2.24, 2.45) is 5.92 Å². The number of hydrogen-bond donors (Lipinski definition) is 2. The second kappa shape index (κ2) is 6.64. The van der Waals surface area contributed by atoms with Crippen LogP contribution in [-0.4, -0.2) is 19.1 Å². The predicted molar refractivity (Wildman–Crippen MR) is 80.9 cm³/mol. The van der Waals surface area contributed by atoms with Crippen molar-refractivity contribution in [3.05, 3.63) is 23.8 Å². The quantitative estimate of drug-likeness (QED) is 0.831. The number of amides is 1. The number of anilines is 1. The van der Waals surface area contributed by atoms with E-state index in [9.17, 15) is 4.79 Å². The van der Waals surface area contributed by atoms with Crippen LogP contribution in [0.5, 0.6) is 5.75 Å². The SMILES string of the molecule is CCC1CCC(NC(=O)c2cc(OC)ccc2N)CC1. The van der Waals surface area contributed by atoms with Gasteiger partial charge in [0.15, 0.2) is 0 Å². The third-order valence-electron chi connectivity index (χ3n) is 4.26. The molecule has 0 saturated heterocycles. The van der Waals surface area contributed by atoms with E-state index in [1.165, 1.54) is 19.3 Å². The molecule has 0 unspecified atom stereocenters. The lowest BCUT2D eigenvalue weighted by Crippen LogP contribution is -2.37. The first-order valence-electron chi connectivity index (χ1n) is 7.38. The molecule has 0 bridgehead atoms. The van der Waals surface area contributed by atoms with E-state index >= 15 is 0 Å². The maximum atomic E-state index is 12.3. The molecule has 2 rings (SSSR count). The Labute approximate surface area is 120 Å². The molecule has 1 aromatic rings. The molecule has 0 aliphatic heterocycles. The van der Waals surface area contributed by atoms with Crippen LogP contribution in [0.4, 0.5) is 5.69 Å². The van der Waals surface area contributed by atoms with Gasteiger partial charge in [0.1, 0.15) is 5.75 Å². The molecule has 0 radical (unpaired) electrons. The Morgan fingerprint density at radius 2 is 2.05 bits per heavy atom. The Morgan fingerprint density at radius 1 is 1.35 bits per heavy atom. The van der Waals surface area contributed by atoms with Crippen molar-refractivity contribution in [2.45, 2.75) is 45.1 Å². The van der Waals surface area contributed by atoms with Crippen LogP contribution in [0.25, 0.3) is 0 Å². The molecule has 4 nitrogen and oxygen atoms in total. The Hall–Kier alpha value is -1.71. The van der Waals surface area contributed by atoms with Gasteiger partial charge in [0.2, 0.25) is 0 Å². The van der Waals surface area contributed by atoms with Gasteiger partial charge in [-0.2, -0.15) is 0 Å². The molecule has 1 aromatic carbocycles. The molecule has 0 atom stereocenters. The van der Waals surface area contributed by atoms with Gasteiger partial charge >= 0.3 is 0 Å². The molecule has 1 saturated carbocycles. The van der Waals surface area contributed by atoms with E-state index in [1.54, 1.807) is 25.3 Å². The van der Waals surface area contributed by atoms with Crippen molar-refractivity contribution in [1.29, 1.82) is 0 Å². The summed E-state index contributed by atoms with van der Waals surface area (Å²) in [4.78, 5) is 12.3. The highest BCUT2D eigenvalue weighted by Gasteiger charge is 2.22. The lowest BCUT2D eigenvalue weighted by Gasteiger charge is -2.28. The van der Waals surface area contributed by atoms with Gasteiger partial charge in [0.25, 0.3) is 5.91 Å². The number of carbonyl (C=O) groups excluding carboxylic acids is 1. The second-order valence-corrected chi connectivity index (χ2v) is 5.55. The van der Waals surface area contributed by atoms with Crippen LogP contribution in [-0.2, 0) is 0 Å². The molecule has 4 heteroatoms. The van der Waals surface area contributed by atoms with Crippen molar-refractivity contribution in [3.63, 3.8) is 0 Å². The van der Waals surface area contributed by atoms with Crippen LogP contribution in [0, 0.1) is 5.92 Å². The summed E-state index contributed by atoms with van der Waals surface area (Å²) in [7, 11) is 1.58. The summed E-state index contributed by atoms with van der Waals surface area (Å²) in [5, 5.41) is 3.10. The van der Waals surface area contributed by atoms with Gasteiger partial charge in [-0.1, -0.05) is 13.3 Å². The molecule has 3 N–H and O–H groups in total. The van der Waals surface area contributed by atoms with Gasteiger partial charge in [0, 0.05) is 11.7 Å². The lowest BCUT2D eigenvalue weighted by molar-refractivity contribution is 0.0922. The largest absolute Gasteiger partial charge is 0.497 e. The van der Waals surface area contributed by atoms with Crippen LogP contribution in [0.2, 0.25) is 0 Å². The van der Waals surface area contributed by atoms with Crippen LogP contribution >= 0.6 is 0 Å². The summed E-state index contributed by atoms with van der Waals surface area (Å²) < 4.78 is 5.14. The zero-order chi connectivity index (χ0) is 14.5. The van der Waals surface area contributed by atoms with Crippen LogP contribution < -0.4 is 15.8 Å². The number of carbonyl (C=O) groups is 1. The number of rotatable bonds is 4. The number of hydrogen-bond acceptors (Lipinski definition) is 3. The smallest absolute Gasteiger partial charge is 0.253 e. The summed E-state index contributed by atoms with van der Waals surface area (Å²) in [6, 6.07) is 5.44. The number of nitrogens with one attached hydrogen (secondary N) is 1. The minimum absolute atomic E-state index is 0.0960. The van der Waals surface area contributed by atoms with E-state index in [0.29, 0.717) is 17.0 Å². The maximum Gasteiger partial charge on any atom is 0.253 e. The summed E-state index contributed by atoms with van der Waals surface area (Å²) in [5.74, 6) is 1.38. The minimum Gasteiger partial charge on any atom is -0.497 e. The minimum atomic E-state index is -0.0960. The van der Waals surface area contributed by atoms with Crippen LogP contribution in [0.3, 0.4) is 0 Å². The zero-order valence-corrected chi connectivity index (χ0v) is 12.3. The molecular weight excluding hydrogens is 252 g/mol. The average molecular weight is 276 g/mol. The van der Waals surface area contributed by atoms with Gasteiger partial charge in [-0.3, -0.25) is 4.79 Å². The predicted octanol–water partition coefficient (Wildman–Crippen LogP) is 2.98. The number of benzene rings is 1. The van der Waals surface area contributed by atoms with E-state index in [-0.39, 0.29) is 11.9 Å². The van der Waals surface area contributed by atoms with E-state index in [4.69, 9.17) is 10.5 Å². The highest BCUT2D eigenvalue weighted by atomic mass is 16.5. The highest BCUT2D eigenvalue weighted by molar-refractivity contribution is 5.99. The Kier molecular flexibility index (Phi) is 4.88. The standard InChI is InChI=1S/C16H24N2O2/c1-3-11-4-6-12(7-5-11)18-16(19)14-10-13(20-2)8-9-15(14)17/h8-12H,3-7,17H2,1-2H3,(H,18,19). The fourth-order valence-corrected chi connectivity index (χ4v) is 2.84. The Balaban J connectivity index is 1.98. The van der Waals surface area contributed by atoms with Gasteiger partial charge in [-0.15, -0.1) is 0 Å². The van der Waals surface area contributed by atoms with Gasteiger partial charge in [-0.05, 0) is 49.8 Å². The molecule has 0 aromatic heterocycles. The summed E-state index contributed by atoms with van der Waals surface area (Å²) in [5.41, 5.74) is 6.87. The zero-order valence-electron chi connectivity index (χ0n) is 12.3. The van der Waals surface area contributed by atoms with Gasteiger partial charge in [0.05, 0.1) is 12.7 Å². The van der Waals surface area contributed by atoms with E-state index in [2.05, 4.69) is 12.2 Å². The number of methoxy groups -OCH3 is 1. The monoisotopic (exact) mass is 276 g/mol. The topological polar surface area (TPSA) is 64.3 Å². The highest BCUT2D eigenvalue weighted by Crippen LogP contribution is 2.27. The third-order valence-corrected chi connectivity index (χ3v) is 4.26. The number of nitrogen functional groups attached to an aromatic ring is 1. The van der Waals surface area contributed by atoms with E-state index in [1.807, 2.05) is 0 Å². The number of nitrogens with two attached hydrogens (primary N) is 1. The molecule has 1 aliphatic rings. The average Bonchev–Trinajstić information content (AvgIpc) is 2.48. The molecule has 1 aliphatic carbocycles. The van der Waals surface area contributed by atoms with Crippen molar-refractivity contribution in [3.8, 4) is 5.75 Å². The van der Waals surface area contributed by atoms with Crippen molar-refractivity contribution < 1.29 is 9.53 Å². The number of ether oxygens (including phenoxy) is 1. The molecule has 1 fully saturated rings. The molecular formula is C16H24N2O2. The second-order valence-electron chi connectivity index (χ2n) is 5.55. The fraction of sp³-hybridized carbons (Fsp3) is 0.562. The summed E-state index contributed by atoms with van der Waals surface area (Å²) >= 11 is 0. The maximum absolute atomic E-state index is 12.3. The van der Waals surface area contributed by atoms with Crippen LogP contribution in [0.1, 0.15) is 49.4 Å². The first kappa shape index (κ1) is 14.7. The molecule has 0 spiro atoms. The first-order valence-corrected chi connectivity index (χ1v) is 7.38. The normalized spacial score (nSPS) is 22.3. The van der Waals surface area contributed by atoms with Crippen molar-refractivity contribution in [2.75, 3.05) is 12.8 Å². The van der Waals surface area contributed by atoms with Crippen molar-refractivity contribution >= 4 is 11.6 Å². The molecule has 1 amide bonds. The fourth-order valence-electron chi connectivity index (χ4n) is 2.84.